The molecule has 0 saturated heterocycles. The van der Waals surface area contributed by atoms with Crippen molar-refractivity contribution in [1.29, 1.82) is 0 Å². The maximum atomic E-state index is 5.81. The average molecular weight is 304 g/mol. The van der Waals surface area contributed by atoms with Gasteiger partial charge < -0.3 is 10.1 Å². The fourth-order valence-electron chi connectivity index (χ4n) is 1.94. The van der Waals surface area contributed by atoms with Gasteiger partial charge in [-0.2, -0.15) is 0 Å². The largest absolute Gasteiger partial charge is 0.486 e. The van der Waals surface area contributed by atoms with Gasteiger partial charge in [-0.1, -0.05) is 39.8 Å². The van der Waals surface area contributed by atoms with Gasteiger partial charge in [0.2, 0.25) is 0 Å². The van der Waals surface area contributed by atoms with Crippen LogP contribution in [0.4, 0.5) is 0 Å². The molecule has 2 aromatic rings. The molecule has 21 heavy (non-hydrogen) atoms. The van der Waals surface area contributed by atoms with Gasteiger partial charge >= 0.3 is 0 Å². The van der Waals surface area contributed by atoms with Crippen LogP contribution >= 0.6 is 11.3 Å². The zero-order valence-corrected chi connectivity index (χ0v) is 14.1. The highest BCUT2D eigenvalue weighted by molar-refractivity contribution is 7.11. The van der Waals surface area contributed by atoms with Gasteiger partial charge in [0.05, 0.1) is 0 Å². The highest BCUT2D eigenvalue weighted by Gasteiger charge is 2.13. The van der Waals surface area contributed by atoms with Crippen LogP contribution in [-0.4, -0.2) is 11.5 Å². The van der Waals surface area contributed by atoms with Gasteiger partial charge in [-0.3, -0.25) is 0 Å². The quantitative estimate of drug-likeness (QED) is 0.871. The Morgan fingerprint density at radius 3 is 2.52 bits per heavy atom. The predicted molar refractivity (Wildman–Crippen MR) is 89.0 cm³/mol. The van der Waals surface area contributed by atoms with Crippen molar-refractivity contribution in [1.82, 2.24) is 10.3 Å². The Hall–Kier alpha value is -1.39. The first-order valence-electron chi connectivity index (χ1n) is 7.36. The van der Waals surface area contributed by atoms with E-state index in [1.165, 1.54) is 10.4 Å². The van der Waals surface area contributed by atoms with Crippen LogP contribution in [0, 0.1) is 0 Å². The first-order chi connectivity index (χ1) is 9.99. The van der Waals surface area contributed by atoms with E-state index < -0.39 is 0 Å². The maximum absolute atomic E-state index is 5.81. The fraction of sp³-hybridized carbons (Fsp3) is 0.471. The van der Waals surface area contributed by atoms with Crippen molar-refractivity contribution in [3.8, 4) is 5.75 Å². The second-order valence-corrected chi connectivity index (χ2v) is 7.26. The third-order valence-corrected chi connectivity index (χ3v) is 4.20. The van der Waals surface area contributed by atoms with E-state index in [1.807, 2.05) is 18.3 Å². The molecule has 1 aromatic carbocycles. The van der Waals surface area contributed by atoms with Gasteiger partial charge in [0, 0.05) is 17.6 Å². The van der Waals surface area contributed by atoms with Crippen molar-refractivity contribution in [3.05, 3.63) is 45.9 Å². The molecule has 0 bridgehead atoms. The highest BCUT2D eigenvalue weighted by Crippen LogP contribution is 2.25. The molecule has 114 valence electrons. The van der Waals surface area contributed by atoms with Gasteiger partial charge in [0.1, 0.15) is 17.4 Å². The van der Waals surface area contributed by atoms with Crippen molar-refractivity contribution in [2.45, 2.75) is 46.3 Å². The molecule has 0 radical (unpaired) electrons. The molecule has 4 heteroatoms. The van der Waals surface area contributed by atoms with Gasteiger partial charge in [-0.15, -0.1) is 11.3 Å². The van der Waals surface area contributed by atoms with Crippen LogP contribution in [-0.2, 0) is 18.6 Å². The lowest BCUT2D eigenvalue weighted by Gasteiger charge is -2.19. The summed E-state index contributed by atoms with van der Waals surface area (Å²) in [5, 5.41) is 4.32. The van der Waals surface area contributed by atoms with Gasteiger partial charge in [-0.25, -0.2) is 4.98 Å². The van der Waals surface area contributed by atoms with Crippen molar-refractivity contribution in [3.63, 3.8) is 0 Å². The van der Waals surface area contributed by atoms with Crippen LogP contribution in [0.25, 0.3) is 0 Å². The van der Waals surface area contributed by atoms with E-state index in [2.05, 4.69) is 50.1 Å². The maximum Gasteiger partial charge on any atom is 0.140 e. The topological polar surface area (TPSA) is 34.2 Å². The second-order valence-electron chi connectivity index (χ2n) is 6.06. The van der Waals surface area contributed by atoms with E-state index in [-0.39, 0.29) is 5.41 Å². The Kier molecular flexibility index (Phi) is 5.37. The number of ether oxygens (including phenoxy) is 1. The van der Waals surface area contributed by atoms with Crippen LogP contribution in [0.1, 0.15) is 43.1 Å². The highest BCUT2D eigenvalue weighted by atomic mass is 32.1. The minimum Gasteiger partial charge on any atom is -0.486 e. The standard InChI is InChI=1S/C17H24N2OS/c1-5-18-10-15-11-19-16(21-15)12-20-14-8-6-13(7-9-14)17(2,3)4/h6-9,11,18H,5,10,12H2,1-4H3. The fourth-order valence-corrected chi connectivity index (χ4v) is 2.75. The molecule has 0 aliphatic heterocycles. The molecule has 1 N–H and O–H groups in total. The monoisotopic (exact) mass is 304 g/mol. The Bertz CT molecular complexity index is 555. The molecule has 0 fully saturated rings. The van der Waals surface area contributed by atoms with Crippen molar-refractivity contribution < 1.29 is 4.74 Å². The number of aromatic nitrogens is 1. The molecule has 0 amide bonds. The minimum atomic E-state index is 0.176. The molecule has 0 spiro atoms. The van der Waals surface area contributed by atoms with Crippen LogP contribution < -0.4 is 10.1 Å². The Morgan fingerprint density at radius 1 is 1.19 bits per heavy atom. The number of hydrogen-bond acceptors (Lipinski definition) is 4. The van der Waals surface area contributed by atoms with Crippen LogP contribution in [0.2, 0.25) is 0 Å². The van der Waals surface area contributed by atoms with Crippen molar-refractivity contribution >= 4 is 11.3 Å². The number of thiazole rings is 1. The normalized spacial score (nSPS) is 11.6. The SMILES string of the molecule is CCNCc1cnc(COc2ccc(C(C)(C)C)cc2)s1. The molecule has 1 aromatic heterocycles. The first-order valence-corrected chi connectivity index (χ1v) is 8.18. The molecular weight excluding hydrogens is 280 g/mol. The third-order valence-electron chi connectivity index (χ3n) is 3.23. The molecule has 0 aliphatic rings. The van der Waals surface area contributed by atoms with E-state index in [4.69, 9.17) is 4.74 Å². The van der Waals surface area contributed by atoms with E-state index in [0.29, 0.717) is 6.61 Å². The summed E-state index contributed by atoms with van der Waals surface area (Å²) in [5.74, 6) is 0.895. The number of hydrogen-bond donors (Lipinski definition) is 1. The number of nitrogens with zero attached hydrogens (tertiary/aromatic N) is 1. The number of nitrogens with one attached hydrogen (secondary N) is 1. The van der Waals surface area contributed by atoms with Gasteiger partial charge in [0.15, 0.2) is 0 Å². The third kappa shape index (κ3) is 4.83. The summed E-state index contributed by atoms with van der Waals surface area (Å²) in [6, 6.07) is 8.34. The Balaban J connectivity index is 1.89. The minimum absolute atomic E-state index is 0.176. The zero-order chi connectivity index (χ0) is 15.3. The van der Waals surface area contributed by atoms with E-state index in [0.717, 1.165) is 23.8 Å². The van der Waals surface area contributed by atoms with Crippen LogP contribution in [0.5, 0.6) is 5.75 Å². The molecule has 0 aliphatic carbocycles. The summed E-state index contributed by atoms with van der Waals surface area (Å²) in [6.07, 6.45) is 1.93. The summed E-state index contributed by atoms with van der Waals surface area (Å²) in [5.41, 5.74) is 1.49. The zero-order valence-electron chi connectivity index (χ0n) is 13.3. The molecule has 0 saturated carbocycles. The lowest BCUT2D eigenvalue weighted by molar-refractivity contribution is 0.305. The van der Waals surface area contributed by atoms with Gasteiger partial charge in [-0.05, 0) is 29.7 Å². The smallest absolute Gasteiger partial charge is 0.140 e. The molecular formula is C17H24N2OS. The summed E-state index contributed by atoms with van der Waals surface area (Å²) >= 11 is 1.70. The number of benzene rings is 1. The molecule has 3 nitrogen and oxygen atoms in total. The average Bonchev–Trinajstić information content (AvgIpc) is 2.90. The summed E-state index contributed by atoms with van der Waals surface area (Å²) in [4.78, 5) is 5.64. The Labute approximate surface area is 131 Å². The lowest BCUT2D eigenvalue weighted by Crippen LogP contribution is -2.10. The number of rotatable bonds is 6. The van der Waals surface area contributed by atoms with E-state index >= 15 is 0 Å². The van der Waals surface area contributed by atoms with Crippen LogP contribution in [0.3, 0.4) is 0 Å². The second kappa shape index (κ2) is 7.05. The van der Waals surface area contributed by atoms with Crippen LogP contribution in [0.15, 0.2) is 30.5 Å². The summed E-state index contributed by atoms with van der Waals surface area (Å²) in [7, 11) is 0. The molecule has 0 atom stereocenters. The summed E-state index contributed by atoms with van der Waals surface area (Å²) in [6.45, 7) is 11.1. The summed E-state index contributed by atoms with van der Waals surface area (Å²) < 4.78 is 5.81. The molecule has 0 unspecified atom stereocenters. The Morgan fingerprint density at radius 2 is 1.90 bits per heavy atom. The first kappa shape index (κ1) is 16.0. The van der Waals surface area contributed by atoms with Crippen molar-refractivity contribution in [2.24, 2.45) is 0 Å². The molecule has 1 heterocycles. The van der Waals surface area contributed by atoms with E-state index in [9.17, 15) is 0 Å². The van der Waals surface area contributed by atoms with E-state index in [1.54, 1.807) is 11.3 Å². The van der Waals surface area contributed by atoms with Crippen molar-refractivity contribution in [2.75, 3.05) is 6.54 Å². The van der Waals surface area contributed by atoms with Gasteiger partial charge in [0.25, 0.3) is 0 Å². The lowest BCUT2D eigenvalue weighted by atomic mass is 9.87. The molecule has 2 rings (SSSR count). The predicted octanol–water partition coefficient (Wildman–Crippen LogP) is 4.13.